The van der Waals surface area contributed by atoms with Crippen molar-refractivity contribution in [3.63, 3.8) is 0 Å². The van der Waals surface area contributed by atoms with Crippen LogP contribution in [0.2, 0.25) is 5.02 Å². The van der Waals surface area contributed by atoms with E-state index in [1.54, 1.807) is 7.05 Å². The van der Waals surface area contributed by atoms with Crippen molar-refractivity contribution in [3.8, 4) is 5.75 Å². The summed E-state index contributed by atoms with van der Waals surface area (Å²) in [4.78, 5) is 4.02. The molecule has 0 fully saturated rings. The molecule has 0 saturated carbocycles. The van der Waals surface area contributed by atoms with Gasteiger partial charge in [-0.1, -0.05) is 23.7 Å². The molecule has 0 heterocycles. The van der Waals surface area contributed by atoms with Crippen LogP contribution in [0.1, 0.15) is 6.92 Å². The fourth-order valence-corrected chi connectivity index (χ4v) is 1.50. The number of guanidine groups is 1. The molecule has 0 aliphatic heterocycles. The first-order valence-electron chi connectivity index (χ1n) is 5.47. The highest BCUT2D eigenvalue weighted by Crippen LogP contribution is 2.23. The Morgan fingerprint density at radius 1 is 1.44 bits per heavy atom. The lowest BCUT2D eigenvalue weighted by atomic mass is 10.3. The molecule has 18 heavy (non-hydrogen) atoms. The molecule has 1 atom stereocenters. The number of hydrogen-bond donors (Lipinski definition) is 2. The monoisotopic (exact) mass is 383 g/mol. The number of aliphatic imine (C=N–C) groups is 1. The number of ether oxygens (including phenoxy) is 1. The SMILES string of the molecule is CN=C(NC)NCC(C)Oc1ccccc1Cl.I. The van der Waals surface area contributed by atoms with Gasteiger partial charge in [-0.2, -0.15) is 0 Å². The number of nitrogens with one attached hydrogen (secondary N) is 2. The molecule has 1 unspecified atom stereocenters. The van der Waals surface area contributed by atoms with Gasteiger partial charge in [0.1, 0.15) is 11.9 Å². The van der Waals surface area contributed by atoms with E-state index in [-0.39, 0.29) is 30.1 Å². The zero-order chi connectivity index (χ0) is 12.7. The summed E-state index contributed by atoms with van der Waals surface area (Å²) in [6, 6.07) is 7.43. The number of benzene rings is 1. The third kappa shape index (κ3) is 5.77. The van der Waals surface area contributed by atoms with E-state index in [2.05, 4.69) is 15.6 Å². The number of rotatable bonds is 4. The number of hydrogen-bond acceptors (Lipinski definition) is 2. The van der Waals surface area contributed by atoms with Crippen LogP contribution in [-0.2, 0) is 0 Å². The molecule has 0 bridgehead atoms. The van der Waals surface area contributed by atoms with E-state index < -0.39 is 0 Å². The lowest BCUT2D eigenvalue weighted by molar-refractivity contribution is 0.224. The topological polar surface area (TPSA) is 45.7 Å². The van der Waals surface area contributed by atoms with Crippen molar-refractivity contribution in [3.05, 3.63) is 29.3 Å². The van der Waals surface area contributed by atoms with Gasteiger partial charge >= 0.3 is 0 Å². The van der Waals surface area contributed by atoms with E-state index >= 15 is 0 Å². The Morgan fingerprint density at radius 2 is 2.11 bits per heavy atom. The fourth-order valence-electron chi connectivity index (χ4n) is 1.32. The third-order valence-electron chi connectivity index (χ3n) is 2.18. The van der Waals surface area contributed by atoms with Gasteiger partial charge in [0.05, 0.1) is 11.6 Å². The van der Waals surface area contributed by atoms with E-state index in [1.165, 1.54) is 0 Å². The van der Waals surface area contributed by atoms with Crippen molar-refractivity contribution in [1.29, 1.82) is 0 Å². The summed E-state index contributed by atoms with van der Waals surface area (Å²) in [5.74, 6) is 1.43. The highest BCUT2D eigenvalue weighted by molar-refractivity contribution is 14.0. The molecule has 4 nitrogen and oxygen atoms in total. The molecule has 0 aliphatic rings. The van der Waals surface area contributed by atoms with Gasteiger partial charge < -0.3 is 15.4 Å². The summed E-state index contributed by atoms with van der Waals surface area (Å²) >= 11 is 6.00. The lowest BCUT2D eigenvalue weighted by Crippen LogP contribution is -2.40. The standard InChI is InChI=1S/C12H18ClN3O.HI/c1-9(8-16-12(14-2)15-3)17-11-7-5-4-6-10(11)13;/h4-7,9H,8H2,1-3H3,(H2,14,15,16);1H. The van der Waals surface area contributed by atoms with E-state index in [9.17, 15) is 0 Å². The van der Waals surface area contributed by atoms with Crippen molar-refractivity contribution in [2.75, 3.05) is 20.6 Å². The second-order valence-corrected chi connectivity index (χ2v) is 3.97. The van der Waals surface area contributed by atoms with Gasteiger partial charge in [0.2, 0.25) is 0 Å². The van der Waals surface area contributed by atoms with Gasteiger partial charge in [-0.05, 0) is 19.1 Å². The highest BCUT2D eigenvalue weighted by Gasteiger charge is 2.07. The molecular formula is C12H19ClIN3O. The van der Waals surface area contributed by atoms with Crippen molar-refractivity contribution in [2.24, 2.45) is 4.99 Å². The summed E-state index contributed by atoms with van der Waals surface area (Å²) in [6.07, 6.45) is -0.000000000000000222. The molecule has 0 spiro atoms. The molecule has 0 amide bonds. The molecule has 6 heteroatoms. The number of para-hydroxylation sites is 1. The normalized spacial score (nSPS) is 12.3. The average Bonchev–Trinajstić information content (AvgIpc) is 2.33. The molecule has 2 N–H and O–H groups in total. The minimum absolute atomic E-state index is 0. The fraction of sp³-hybridized carbons (Fsp3) is 0.417. The zero-order valence-electron chi connectivity index (χ0n) is 10.7. The Balaban J connectivity index is 0.00000289. The van der Waals surface area contributed by atoms with Crippen LogP contribution in [0.4, 0.5) is 0 Å². The largest absolute Gasteiger partial charge is 0.487 e. The van der Waals surface area contributed by atoms with E-state index in [0.717, 1.165) is 5.96 Å². The first kappa shape index (κ1) is 17.3. The maximum absolute atomic E-state index is 6.00. The molecular weight excluding hydrogens is 365 g/mol. The average molecular weight is 384 g/mol. The van der Waals surface area contributed by atoms with Crippen molar-refractivity contribution >= 4 is 41.5 Å². The maximum Gasteiger partial charge on any atom is 0.190 e. The molecule has 0 radical (unpaired) electrons. The molecule has 1 aromatic carbocycles. The van der Waals surface area contributed by atoms with Crippen LogP contribution in [0.25, 0.3) is 0 Å². The molecule has 0 saturated heterocycles. The summed E-state index contributed by atoms with van der Waals surface area (Å²) in [5, 5.41) is 6.69. The predicted octanol–water partition coefficient (Wildman–Crippen LogP) is 2.52. The quantitative estimate of drug-likeness (QED) is 0.477. The molecule has 1 rings (SSSR count). The zero-order valence-corrected chi connectivity index (χ0v) is 13.8. The minimum Gasteiger partial charge on any atom is -0.487 e. The predicted molar refractivity (Wildman–Crippen MR) is 87.4 cm³/mol. The third-order valence-corrected chi connectivity index (χ3v) is 2.49. The van der Waals surface area contributed by atoms with Crippen LogP contribution in [0.3, 0.4) is 0 Å². The van der Waals surface area contributed by atoms with Crippen LogP contribution in [0.15, 0.2) is 29.3 Å². The van der Waals surface area contributed by atoms with Crippen LogP contribution in [0.5, 0.6) is 5.75 Å². The Labute approximate surface area is 130 Å². The van der Waals surface area contributed by atoms with E-state index in [4.69, 9.17) is 16.3 Å². The van der Waals surface area contributed by atoms with Gasteiger partial charge in [-0.25, -0.2) is 0 Å². The highest BCUT2D eigenvalue weighted by atomic mass is 127. The Hall–Kier alpha value is -0.690. The number of nitrogens with zero attached hydrogens (tertiary/aromatic N) is 1. The summed E-state index contributed by atoms with van der Waals surface area (Å²) < 4.78 is 5.71. The molecule has 0 aliphatic carbocycles. The van der Waals surface area contributed by atoms with Crippen LogP contribution >= 0.6 is 35.6 Å². The molecule has 0 aromatic heterocycles. The molecule has 1 aromatic rings. The first-order valence-corrected chi connectivity index (χ1v) is 5.84. The smallest absolute Gasteiger partial charge is 0.190 e. The maximum atomic E-state index is 6.00. The Bertz CT molecular complexity index is 387. The lowest BCUT2D eigenvalue weighted by Gasteiger charge is -2.17. The number of halogens is 2. The van der Waals surface area contributed by atoms with Gasteiger partial charge in [-0.3, -0.25) is 4.99 Å². The second-order valence-electron chi connectivity index (χ2n) is 3.56. The Morgan fingerprint density at radius 3 is 2.67 bits per heavy atom. The van der Waals surface area contributed by atoms with Crippen LogP contribution in [0, 0.1) is 0 Å². The van der Waals surface area contributed by atoms with Crippen molar-refractivity contribution in [2.45, 2.75) is 13.0 Å². The van der Waals surface area contributed by atoms with Gasteiger partial charge in [-0.15, -0.1) is 24.0 Å². The summed E-state index contributed by atoms with van der Waals surface area (Å²) in [7, 11) is 3.54. The minimum atomic E-state index is -0.000000000000000222. The van der Waals surface area contributed by atoms with E-state index in [0.29, 0.717) is 17.3 Å². The van der Waals surface area contributed by atoms with Crippen LogP contribution < -0.4 is 15.4 Å². The molecule has 102 valence electrons. The summed E-state index contributed by atoms with van der Waals surface area (Å²) in [5.41, 5.74) is 0. The van der Waals surface area contributed by atoms with E-state index in [1.807, 2.05) is 38.2 Å². The second kappa shape index (κ2) is 9.27. The Kier molecular flexibility index (Phi) is 8.91. The first-order chi connectivity index (χ1) is 8.17. The van der Waals surface area contributed by atoms with Gasteiger partial charge in [0.25, 0.3) is 0 Å². The van der Waals surface area contributed by atoms with Crippen LogP contribution in [-0.4, -0.2) is 32.7 Å². The van der Waals surface area contributed by atoms with Gasteiger partial charge in [0.15, 0.2) is 5.96 Å². The van der Waals surface area contributed by atoms with Gasteiger partial charge in [0, 0.05) is 14.1 Å². The van der Waals surface area contributed by atoms with Crippen molar-refractivity contribution < 1.29 is 4.74 Å². The van der Waals surface area contributed by atoms with Crippen molar-refractivity contribution in [1.82, 2.24) is 10.6 Å². The summed E-state index contributed by atoms with van der Waals surface area (Å²) in [6.45, 7) is 2.62.